The number of fused-ring (bicyclic) bond motifs is 1. The quantitative estimate of drug-likeness (QED) is 0.690. The summed E-state index contributed by atoms with van der Waals surface area (Å²) in [6.07, 6.45) is 1.15. The van der Waals surface area contributed by atoms with Crippen molar-refractivity contribution < 1.29 is 18.8 Å². The Labute approximate surface area is 168 Å². The van der Waals surface area contributed by atoms with Crippen molar-refractivity contribution in [3.05, 3.63) is 59.8 Å². The van der Waals surface area contributed by atoms with E-state index in [0.717, 1.165) is 23.3 Å². The van der Waals surface area contributed by atoms with Crippen molar-refractivity contribution in [1.29, 1.82) is 0 Å². The van der Waals surface area contributed by atoms with E-state index in [1.807, 2.05) is 25.1 Å². The first-order valence-electron chi connectivity index (χ1n) is 9.39. The summed E-state index contributed by atoms with van der Waals surface area (Å²) in [4.78, 5) is 23.4. The third kappa shape index (κ3) is 4.45. The summed E-state index contributed by atoms with van der Waals surface area (Å²) >= 11 is 0. The van der Waals surface area contributed by atoms with Crippen LogP contribution in [0.25, 0.3) is 11.3 Å². The van der Waals surface area contributed by atoms with Gasteiger partial charge in [-0.1, -0.05) is 5.16 Å². The van der Waals surface area contributed by atoms with Crippen molar-refractivity contribution in [2.24, 2.45) is 0 Å². The molecular formula is C22H21N3O4. The van der Waals surface area contributed by atoms with Gasteiger partial charge in [0.25, 0.3) is 0 Å². The molecule has 3 aromatic rings. The van der Waals surface area contributed by atoms with Gasteiger partial charge in [0.1, 0.15) is 11.9 Å². The van der Waals surface area contributed by atoms with Crippen LogP contribution in [0.15, 0.2) is 53.1 Å². The number of anilines is 2. The zero-order valence-corrected chi connectivity index (χ0v) is 16.2. The number of hydrogen-bond acceptors (Lipinski definition) is 5. The zero-order chi connectivity index (χ0) is 20.4. The lowest BCUT2D eigenvalue weighted by Crippen LogP contribution is -2.14. The van der Waals surface area contributed by atoms with Crippen LogP contribution in [-0.2, 0) is 22.4 Å². The highest BCUT2D eigenvalue weighted by atomic mass is 16.5. The van der Waals surface area contributed by atoms with Gasteiger partial charge in [0, 0.05) is 36.3 Å². The van der Waals surface area contributed by atoms with Crippen molar-refractivity contribution in [2.45, 2.75) is 32.8 Å². The van der Waals surface area contributed by atoms with E-state index in [-0.39, 0.29) is 24.3 Å². The summed E-state index contributed by atoms with van der Waals surface area (Å²) in [5.41, 5.74) is 3.92. The van der Waals surface area contributed by atoms with Crippen LogP contribution < -0.4 is 15.4 Å². The highest BCUT2D eigenvalue weighted by Crippen LogP contribution is 2.33. The summed E-state index contributed by atoms with van der Waals surface area (Å²) in [5, 5.41) is 9.50. The van der Waals surface area contributed by atoms with E-state index < -0.39 is 0 Å². The fraction of sp³-hybridized carbons (Fsp3) is 0.227. The van der Waals surface area contributed by atoms with Crippen LogP contribution in [0, 0.1) is 0 Å². The normalized spacial score (nSPS) is 14.8. The molecule has 1 aliphatic heterocycles. The number of ether oxygens (including phenoxy) is 1. The number of carbonyl (C=O) groups is 2. The number of nitrogens with zero attached hydrogens (tertiary/aromatic N) is 1. The van der Waals surface area contributed by atoms with Crippen molar-refractivity contribution in [3.63, 3.8) is 0 Å². The number of carbonyl (C=O) groups excluding carboxylic acids is 2. The summed E-state index contributed by atoms with van der Waals surface area (Å²) in [5.74, 6) is 1.18. The van der Waals surface area contributed by atoms with E-state index in [9.17, 15) is 9.59 Å². The van der Waals surface area contributed by atoms with Crippen LogP contribution in [0.4, 0.5) is 11.4 Å². The van der Waals surface area contributed by atoms with E-state index in [1.165, 1.54) is 6.92 Å². The molecule has 0 saturated heterocycles. The molecule has 29 heavy (non-hydrogen) atoms. The van der Waals surface area contributed by atoms with Crippen molar-refractivity contribution in [1.82, 2.24) is 5.16 Å². The lowest BCUT2D eigenvalue weighted by molar-refractivity contribution is -0.116. The van der Waals surface area contributed by atoms with E-state index in [1.54, 1.807) is 30.3 Å². The summed E-state index contributed by atoms with van der Waals surface area (Å²) in [6.45, 7) is 3.48. The van der Waals surface area contributed by atoms with Crippen LogP contribution in [0.3, 0.4) is 0 Å². The second-order valence-corrected chi connectivity index (χ2v) is 7.12. The average Bonchev–Trinajstić information content (AvgIpc) is 3.27. The molecule has 2 heterocycles. The van der Waals surface area contributed by atoms with Gasteiger partial charge >= 0.3 is 0 Å². The Balaban J connectivity index is 1.38. The summed E-state index contributed by atoms with van der Waals surface area (Å²) < 4.78 is 11.1. The Morgan fingerprint density at radius 2 is 1.79 bits per heavy atom. The van der Waals surface area contributed by atoms with E-state index in [2.05, 4.69) is 15.8 Å². The first-order valence-corrected chi connectivity index (χ1v) is 9.39. The molecule has 2 aromatic carbocycles. The molecule has 1 aromatic heterocycles. The topological polar surface area (TPSA) is 93.5 Å². The Morgan fingerprint density at radius 3 is 2.52 bits per heavy atom. The third-order valence-corrected chi connectivity index (χ3v) is 4.57. The molecule has 0 aliphatic carbocycles. The Bertz CT molecular complexity index is 1060. The second-order valence-electron chi connectivity index (χ2n) is 7.12. The minimum absolute atomic E-state index is 0.0992. The van der Waals surface area contributed by atoms with E-state index in [4.69, 9.17) is 9.26 Å². The number of hydrogen-bond donors (Lipinski definition) is 2. The van der Waals surface area contributed by atoms with Gasteiger partial charge in [-0.25, -0.2) is 0 Å². The molecule has 0 bridgehead atoms. The molecule has 2 N–H and O–H groups in total. The van der Waals surface area contributed by atoms with Gasteiger partial charge in [-0.05, 0) is 55.0 Å². The molecule has 0 spiro atoms. The molecule has 7 heteroatoms. The van der Waals surface area contributed by atoms with Gasteiger partial charge < -0.3 is 19.9 Å². The third-order valence-electron chi connectivity index (χ3n) is 4.57. The SMILES string of the molecule is CC(=O)Nc1ccc(NC(=O)Cc2cc(-c3ccc4c(c3)CC(C)O4)on2)cc1. The molecule has 148 valence electrons. The minimum atomic E-state index is -0.201. The Hall–Kier alpha value is -3.61. The molecule has 1 unspecified atom stereocenters. The standard InChI is InChI=1S/C22H21N3O4/c1-13-9-16-10-15(3-8-20(16)28-13)21-11-19(25-29-21)12-22(27)24-18-6-4-17(5-7-18)23-14(2)26/h3-8,10-11,13H,9,12H2,1-2H3,(H,23,26)(H,24,27). The van der Waals surface area contributed by atoms with Crippen LogP contribution in [0.1, 0.15) is 25.1 Å². The number of rotatable bonds is 5. The lowest BCUT2D eigenvalue weighted by Gasteiger charge is -2.06. The second kappa shape index (κ2) is 7.79. The maximum Gasteiger partial charge on any atom is 0.230 e. The monoisotopic (exact) mass is 391 g/mol. The van der Waals surface area contributed by atoms with Gasteiger partial charge in [-0.2, -0.15) is 0 Å². The maximum atomic E-state index is 12.3. The average molecular weight is 391 g/mol. The molecule has 7 nitrogen and oxygen atoms in total. The fourth-order valence-corrected chi connectivity index (χ4v) is 3.32. The smallest absolute Gasteiger partial charge is 0.230 e. The van der Waals surface area contributed by atoms with Gasteiger partial charge in [-0.3, -0.25) is 9.59 Å². The van der Waals surface area contributed by atoms with Crippen molar-refractivity contribution in [2.75, 3.05) is 10.6 Å². The Kier molecular flexibility index (Phi) is 5.03. The molecule has 0 radical (unpaired) electrons. The molecular weight excluding hydrogens is 370 g/mol. The van der Waals surface area contributed by atoms with E-state index >= 15 is 0 Å². The summed E-state index contributed by atoms with van der Waals surface area (Å²) in [7, 11) is 0. The summed E-state index contributed by atoms with van der Waals surface area (Å²) in [6, 6.07) is 14.6. The number of benzene rings is 2. The molecule has 0 fully saturated rings. The highest BCUT2D eigenvalue weighted by Gasteiger charge is 2.20. The number of nitrogens with one attached hydrogen (secondary N) is 2. The largest absolute Gasteiger partial charge is 0.490 e. The van der Waals surface area contributed by atoms with Crippen LogP contribution in [-0.4, -0.2) is 23.1 Å². The van der Waals surface area contributed by atoms with Gasteiger partial charge in [0.15, 0.2) is 5.76 Å². The zero-order valence-electron chi connectivity index (χ0n) is 16.2. The lowest BCUT2D eigenvalue weighted by atomic mass is 10.1. The fourth-order valence-electron chi connectivity index (χ4n) is 3.32. The predicted octanol–water partition coefficient (Wildman–Crippen LogP) is 3.80. The minimum Gasteiger partial charge on any atom is -0.490 e. The van der Waals surface area contributed by atoms with Crippen LogP contribution in [0.5, 0.6) is 5.75 Å². The van der Waals surface area contributed by atoms with Crippen molar-refractivity contribution in [3.8, 4) is 17.1 Å². The molecule has 2 amide bonds. The molecule has 4 rings (SSSR count). The molecule has 0 saturated carbocycles. The van der Waals surface area contributed by atoms with Gasteiger partial charge in [0.2, 0.25) is 11.8 Å². The molecule has 1 atom stereocenters. The predicted molar refractivity (Wildman–Crippen MR) is 109 cm³/mol. The first kappa shape index (κ1) is 18.7. The van der Waals surface area contributed by atoms with Crippen LogP contribution >= 0.6 is 0 Å². The van der Waals surface area contributed by atoms with E-state index in [0.29, 0.717) is 22.8 Å². The van der Waals surface area contributed by atoms with Crippen molar-refractivity contribution >= 4 is 23.2 Å². The van der Waals surface area contributed by atoms with Gasteiger partial charge in [0.05, 0.1) is 12.1 Å². The molecule has 1 aliphatic rings. The first-order chi connectivity index (χ1) is 14.0. The highest BCUT2D eigenvalue weighted by molar-refractivity contribution is 5.93. The maximum absolute atomic E-state index is 12.3. The Morgan fingerprint density at radius 1 is 1.07 bits per heavy atom. The number of aromatic nitrogens is 1. The van der Waals surface area contributed by atoms with Crippen LogP contribution in [0.2, 0.25) is 0 Å². The number of amides is 2. The van der Waals surface area contributed by atoms with Gasteiger partial charge in [-0.15, -0.1) is 0 Å².